The van der Waals surface area contributed by atoms with Gasteiger partial charge in [0.05, 0.1) is 17.7 Å². The summed E-state index contributed by atoms with van der Waals surface area (Å²) in [6.45, 7) is 1.30. The number of hydrogen-bond acceptors (Lipinski definition) is 4. The van der Waals surface area contributed by atoms with Crippen LogP contribution in [0.15, 0.2) is 101 Å². The Bertz CT molecular complexity index is 1460. The van der Waals surface area contributed by atoms with Gasteiger partial charge in [-0.05, 0) is 47.5 Å². The second-order valence-corrected chi connectivity index (χ2v) is 10.0. The van der Waals surface area contributed by atoms with Gasteiger partial charge in [-0.3, -0.25) is 4.79 Å². The number of carbonyl (C=O) groups is 1. The molecule has 0 aromatic heterocycles. The molecule has 4 aromatic rings. The summed E-state index contributed by atoms with van der Waals surface area (Å²) in [7, 11) is -4.00. The SMILES string of the molecule is Cc1ccc(S(=O)(=O)N(CC(=O)N/N=C\c2cccc3ccccc23)Cc2ccc(F)cc2)cc1. The van der Waals surface area contributed by atoms with Crippen LogP contribution in [0.1, 0.15) is 16.7 Å². The van der Waals surface area contributed by atoms with Crippen molar-refractivity contribution in [1.82, 2.24) is 9.73 Å². The van der Waals surface area contributed by atoms with E-state index in [9.17, 15) is 17.6 Å². The molecule has 0 aliphatic rings. The molecular weight excluding hydrogens is 465 g/mol. The third kappa shape index (κ3) is 5.98. The third-order valence-corrected chi connectivity index (χ3v) is 7.27. The molecule has 1 N–H and O–H groups in total. The van der Waals surface area contributed by atoms with E-state index in [1.54, 1.807) is 12.1 Å². The molecule has 1 amide bonds. The molecule has 0 saturated heterocycles. The highest BCUT2D eigenvalue weighted by Crippen LogP contribution is 2.20. The average Bonchev–Trinajstić information content (AvgIpc) is 2.85. The van der Waals surface area contributed by atoms with E-state index in [4.69, 9.17) is 0 Å². The van der Waals surface area contributed by atoms with Crippen LogP contribution in [0.3, 0.4) is 0 Å². The van der Waals surface area contributed by atoms with Crippen LogP contribution >= 0.6 is 0 Å². The van der Waals surface area contributed by atoms with Crippen LogP contribution in [0, 0.1) is 12.7 Å². The van der Waals surface area contributed by atoms with Crippen molar-refractivity contribution in [3.8, 4) is 0 Å². The molecule has 178 valence electrons. The van der Waals surface area contributed by atoms with Crippen LogP contribution in [0.4, 0.5) is 4.39 Å². The van der Waals surface area contributed by atoms with E-state index in [1.807, 2.05) is 49.4 Å². The normalized spacial score (nSPS) is 11.9. The number of sulfonamides is 1. The minimum absolute atomic E-state index is 0.0669. The highest BCUT2D eigenvalue weighted by molar-refractivity contribution is 7.89. The number of benzene rings is 4. The first-order valence-corrected chi connectivity index (χ1v) is 12.4. The Kier molecular flexibility index (Phi) is 7.33. The van der Waals surface area contributed by atoms with Crippen LogP contribution in [0.2, 0.25) is 0 Å². The summed E-state index contributed by atoms with van der Waals surface area (Å²) in [5.74, 6) is -1.03. The van der Waals surface area contributed by atoms with E-state index < -0.39 is 28.3 Å². The minimum Gasteiger partial charge on any atom is -0.272 e. The van der Waals surface area contributed by atoms with E-state index >= 15 is 0 Å². The molecular formula is C27H24FN3O3S. The lowest BCUT2D eigenvalue weighted by Crippen LogP contribution is -2.39. The molecule has 0 fully saturated rings. The molecule has 35 heavy (non-hydrogen) atoms. The highest BCUT2D eigenvalue weighted by atomic mass is 32.2. The second-order valence-electron chi connectivity index (χ2n) is 8.07. The zero-order valence-corrected chi connectivity index (χ0v) is 19.9. The van der Waals surface area contributed by atoms with Gasteiger partial charge in [0.2, 0.25) is 10.0 Å². The maximum atomic E-state index is 13.3. The molecule has 0 radical (unpaired) electrons. The summed E-state index contributed by atoms with van der Waals surface area (Å²) in [5.41, 5.74) is 4.70. The minimum atomic E-state index is -4.00. The number of nitrogens with one attached hydrogen (secondary N) is 1. The van der Waals surface area contributed by atoms with Crippen molar-refractivity contribution in [3.05, 3.63) is 114 Å². The number of hydrogen-bond donors (Lipinski definition) is 1. The average molecular weight is 490 g/mol. The number of rotatable bonds is 8. The number of carbonyl (C=O) groups excluding carboxylic acids is 1. The molecule has 0 saturated carbocycles. The summed E-state index contributed by atoms with van der Waals surface area (Å²) in [4.78, 5) is 12.8. The van der Waals surface area contributed by atoms with E-state index in [0.29, 0.717) is 5.56 Å². The van der Waals surface area contributed by atoms with Crippen molar-refractivity contribution >= 4 is 32.9 Å². The number of nitrogens with zero attached hydrogens (tertiary/aromatic N) is 2. The van der Waals surface area contributed by atoms with Crippen molar-refractivity contribution < 1.29 is 17.6 Å². The topological polar surface area (TPSA) is 78.8 Å². The lowest BCUT2D eigenvalue weighted by atomic mass is 10.1. The van der Waals surface area contributed by atoms with Crippen molar-refractivity contribution in [2.24, 2.45) is 5.10 Å². The summed E-state index contributed by atoms with van der Waals surface area (Å²) in [6, 6.07) is 25.4. The van der Waals surface area contributed by atoms with Crippen molar-refractivity contribution in [3.63, 3.8) is 0 Å². The first-order valence-electron chi connectivity index (χ1n) is 10.9. The molecule has 0 aliphatic heterocycles. The van der Waals surface area contributed by atoms with Crippen LogP contribution in [0.25, 0.3) is 10.8 Å². The van der Waals surface area contributed by atoms with Crippen LogP contribution < -0.4 is 5.43 Å². The predicted molar refractivity (Wildman–Crippen MR) is 135 cm³/mol. The smallest absolute Gasteiger partial charge is 0.255 e. The molecule has 0 aliphatic carbocycles. The Morgan fingerprint density at radius 1 is 0.943 bits per heavy atom. The van der Waals surface area contributed by atoms with E-state index in [1.165, 1.54) is 42.6 Å². The molecule has 4 aromatic carbocycles. The zero-order valence-electron chi connectivity index (χ0n) is 19.1. The molecule has 0 bridgehead atoms. The van der Waals surface area contributed by atoms with Gasteiger partial charge in [-0.15, -0.1) is 0 Å². The van der Waals surface area contributed by atoms with Gasteiger partial charge in [0.15, 0.2) is 0 Å². The predicted octanol–water partition coefficient (Wildman–Crippen LogP) is 4.63. The Balaban J connectivity index is 1.53. The Morgan fingerprint density at radius 2 is 1.63 bits per heavy atom. The lowest BCUT2D eigenvalue weighted by molar-refractivity contribution is -0.121. The summed E-state index contributed by atoms with van der Waals surface area (Å²) in [5, 5.41) is 6.05. The van der Waals surface area contributed by atoms with Gasteiger partial charge in [-0.25, -0.2) is 18.2 Å². The lowest BCUT2D eigenvalue weighted by Gasteiger charge is -2.21. The Hall–Kier alpha value is -3.88. The monoisotopic (exact) mass is 489 g/mol. The number of halogens is 1. The van der Waals surface area contributed by atoms with Gasteiger partial charge in [0.1, 0.15) is 5.82 Å². The van der Waals surface area contributed by atoms with E-state index in [-0.39, 0.29) is 11.4 Å². The van der Waals surface area contributed by atoms with Crippen LogP contribution in [0.5, 0.6) is 0 Å². The fraction of sp³-hybridized carbons (Fsp3) is 0.111. The van der Waals surface area contributed by atoms with Crippen LogP contribution in [-0.2, 0) is 21.4 Å². The molecule has 4 rings (SSSR count). The number of fused-ring (bicyclic) bond motifs is 1. The first-order chi connectivity index (χ1) is 16.8. The summed E-state index contributed by atoms with van der Waals surface area (Å²) < 4.78 is 41.0. The molecule has 8 heteroatoms. The van der Waals surface area contributed by atoms with E-state index in [0.717, 1.165) is 26.2 Å². The van der Waals surface area contributed by atoms with Gasteiger partial charge in [0.25, 0.3) is 5.91 Å². The maximum Gasteiger partial charge on any atom is 0.255 e. The molecule has 0 unspecified atom stereocenters. The molecule has 0 spiro atoms. The fourth-order valence-corrected chi connectivity index (χ4v) is 5.00. The van der Waals surface area contributed by atoms with Gasteiger partial charge < -0.3 is 0 Å². The molecule has 6 nitrogen and oxygen atoms in total. The fourth-order valence-electron chi connectivity index (χ4n) is 3.61. The maximum absolute atomic E-state index is 13.3. The van der Waals surface area contributed by atoms with Gasteiger partial charge in [-0.1, -0.05) is 72.3 Å². The summed E-state index contributed by atoms with van der Waals surface area (Å²) in [6.07, 6.45) is 1.53. The standard InChI is InChI=1S/C27H24FN3O3S/c1-20-9-15-25(16-10-20)35(33,34)31(18-21-11-13-24(28)14-12-21)19-27(32)30-29-17-23-7-4-6-22-5-2-3-8-26(22)23/h2-17H,18-19H2,1H3,(H,30,32)/b29-17-. The first kappa shape index (κ1) is 24.3. The van der Waals surface area contributed by atoms with Crippen molar-refractivity contribution in [1.29, 1.82) is 0 Å². The number of hydrazone groups is 1. The van der Waals surface area contributed by atoms with Gasteiger partial charge in [-0.2, -0.15) is 9.41 Å². The number of aryl methyl sites for hydroxylation is 1. The van der Waals surface area contributed by atoms with Gasteiger partial charge in [0, 0.05) is 12.1 Å². The number of amides is 1. The van der Waals surface area contributed by atoms with Gasteiger partial charge >= 0.3 is 0 Å². The zero-order chi connectivity index (χ0) is 24.8. The van der Waals surface area contributed by atoms with E-state index in [2.05, 4.69) is 10.5 Å². The third-order valence-electron chi connectivity index (χ3n) is 5.47. The molecule has 0 heterocycles. The Morgan fingerprint density at radius 3 is 2.37 bits per heavy atom. The van der Waals surface area contributed by atoms with Crippen molar-refractivity contribution in [2.75, 3.05) is 6.54 Å². The quantitative estimate of drug-likeness (QED) is 0.290. The molecule has 0 atom stereocenters. The second kappa shape index (κ2) is 10.6. The van der Waals surface area contributed by atoms with Crippen LogP contribution in [-0.4, -0.2) is 31.4 Å². The van der Waals surface area contributed by atoms with Crippen molar-refractivity contribution in [2.45, 2.75) is 18.4 Å². The largest absolute Gasteiger partial charge is 0.272 e. The summed E-state index contributed by atoms with van der Waals surface area (Å²) >= 11 is 0. The highest BCUT2D eigenvalue weighted by Gasteiger charge is 2.27. The Labute approximate surface area is 203 Å².